The standard InChI is InChI=1S/C16H24N4O.2ClH/c1-12(2)9-16(3,11-17)19-15(21)8-13-10-20-7-5-4-6-14(20)18-13;;/h4-7,10,12H,8-9,11,17H2,1-3H3,(H,19,21);2*1H. The van der Waals surface area contributed by atoms with Crippen molar-refractivity contribution in [2.75, 3.05) is 6.54 Å². The third-order valence-corrected chi connectivity index (χ3v) is 3.51. The number of imidazole rings is 1. The Morgan fingerprint density at radius 2 is 2.09 bits per heavy atom. The van der Waals surface area contributed by atoms with E-state index >= 15 is 0 Å². The van der Waals surface area contributed by atoms with E-state index in [2.05, 4.69) is 24.1 Å². The molecule has 2 rings (SSSR count). The number of fused-ring (bicyclic) bond motifs is 1. The summed E-state index contributed by atoms with van der Waals surface area (Å²) in [6.45, 7) is 6.68. The molecule has 2 aromatic heterocycles. The summed E-state index contributed by atoms with van der Waals surface area (Å²) in [5.74, 6) is 0.445. The number of hydrogen-bond acceptors (Lipinski definition) is 3. The van der Waals surface area contributed by atoms with Crippen molar-refractivity contribution in [2.24, 2.45) is 11.7 Å². The van der Waals surface area contributed by atoms with Crippen LogP contribution < -0.4 is 11.1 Å². The Morgan fingerprint density at radius 1 is 1.39 bits per heavy atom. The molecule has 0 aromatic carbocycles. The fourth-order valence-electron chi connectivity index (χ4n) is 2.70. The Hall–Kier alpha value is -1.30. The SMILES string of the molecule is CC(C)CC(C)(CN)NC(=O)Cc1cn2ccccc2n1.Cl.Cl. The second kappa shape index (κ2) is 9.11. The van der Waals surface area contributed by atoms with Crippen molar-refractivity contribution >= 4 is 36.4 Å². The van der Waals surface area contributed by atoms with Gasteiger partial charge in [0.05, 0.1) is 12.1 Å². The van der Waals surface area contributed by atoms with E-state index < -0.39 is 0 Å². The third kappa shape index (κ3) is 6.01. The van der Waals surface area contributed by atoms with Gasteiger partial charge in [-0.1, -0.05) is 19.9 Å². The smallest absolute Gasteiger partial charge is 0.226 e. The fraction of sp³-hybridized carbons (Fsp3) is 0.500. The average Bonchev–Trinajstić information content (AvgIpc) is 2.79. The van der Waals surface area contributed by atoms with Gasteiger partial charge in [0.2, 0.25) is 5.91 Å². The lowest BCUT2D eigenvalue weighted by atomic mass is 9.90. The number of nitrogens with one attached hydrogen (secondary N) is 1. The van der Waals surface area contributed by atoms with Gasteiger partial charge < -0.3 is 15.5 Å². The van der Waals surface area contributed by atoms with Crippen LogP contribution >= 0.6 is 24.8 Å². The van der Waals surface area contributed by atoms with Crippen LogP contribution in [0.25, 0.3) is 5.65 Å². The number of hydrogen-bond donors (Lipinski definition) is 2. The van der Waals surface area contributed by atoms with Crippen LogP contribution in [0.3, 0.4) is 0 Å². The van der Waals surface area contributed by atoms with Gasteiger partial charge in [-0.05, 0) is 31.4 Å². The highest BCUT2D eigenvalue weighted by atomic mass is 35.5. The predicted octanol–water partition coefficient (Wildman–Crippen LogP) is 2.60. The van der Waals surface area contributed by atoms with Crippen LogP contribution in [0.2, 0.25) is 0 Å². The molecule has 0 fully saturated rings. The van der Waals surface area contributed by atoms with Crippen LogP contribution in [0.5, 0.6) is 0 Å². The first kappa shape index (κ1) is 21.7. The highest BCUT2D eigenvalue weighted by Crippen LogP contribution is 2.15. The van der Waals surface area contributed by atoms with Crippen LogP contribution in [0.1, 0.15) is 32.9 Å². The number of rotatable bonds is 6. The first-order chi connectivity index (χ1) is 9.92. The number of nitrogens with two attached hydrogens (primary N) is 1. The van der Waals surface area contributed by atoms with Crippen molar-refractivity contribution in [1.82, 2.24) is 14.7 Å². The number of pyridine rings is 1. The highest BCUT2D eigenvalue weighted by Gasteiger charge is 2.26. The number of carbonyl (C=O) groups is 1. The first-order valence-corrected chi connectivity index (χ1v) is 7.35. The zero-order valence-electron chi connectivity index (χ0n) is 13.8. The van der Waals surface area contributed by atoms with E-state index in [0.717, 1.165) is 17.8 Å². The molecule has 0 saturated carbocycles. The zero-order chi connectivity index (χ0) is 15.5. The Labute approximate surface area is 149 Å². The minimum Gasteiger partial charge on any atom is -0.349 e. The van der Waals surface area contributed by atoms with Gasteiger partial charge >= 0.3 is 0 Å². The Bertz CT molecular complexity index is 596. The van der Waals surface area contributed by atoms with E-state index in [1.165, 1.54) is 0 Å². The zero-order valence-corrected chi connectivity index (χ0v) is 15.4. The van der Waals surface area contributed by atoms with Gasteiger partial charge in [0.1, 0.15) is 5.65 Å². The summed E-state index contributed by atoms with van der Waals surface area (Å²) in [4.78, 5) is 16.7. The van der Waals surface area contributed by atoms with Crippen LogP contribution in [0, 0.1) is 5.92 Å². The molecule has 7 heteroatoms. The maximum Gasteiger partial charge on any atom is 0.226 e. The summed E-state index contributed by atoms with van der Waals surface area (Å²) in [6.07, 6.45) is 4.94. The molecule has 0 bridgehead atoms. The highest BCUT2D eigenvalue weighted by molar-refractivity contribution is 5.85. The van der Waals surface area contributed by atoms with Gasteiger partial charge in [0, 0.05) is 24.5 Å². The van der Waals surface area contributed by atoms with Crippen LogP contribution in [0.15, 0.2) is 30.6 Å². The predicted molar refractivity (Wildman–Crippen MR) is 98.4 cm³/mol. The molecule has 0 aliphatic rings. The summed E-state index contributed by atoms with van der Waals surface area (Å²) < 4.78 is 1.92. The normalized spacial score (nSPS) is 13.1. The summed E-state index contributed by atoms with van der Waals surface area (Å²) in [5.41, 5.74) is 7.08. The van der Waals surface area contributed by atoms with E-state index in [0.29, 0.717) is 12.5 Å². The monoisotopic (exact) mass is 360 g/mol. The molecule has 130 valence electrons. The van der Waals surface area contributed by atoms with Crippen molar-refractivity contribution in [3.8, 4) is 0 Å². The second-order valence-electron chi connectivity index (χ2n) is 6.29. The number of carbonyl (C=O) groups excluding carboxylic acids is 1. The molecule has 0 spiro atoms. The lowest BCUT2D eigenvalue weighted by molar-refractivity contribution is -0.122. The average molecular weight is 361 g/mol. The largest absolute Gasteiger partial charge is 0.349 e. The van der Waals surface area contributed by atoms with Gasteiger partial charge in [-0.15, -0.1) is 24.8 Å². The number of nitrogens with zero attached hydrogens (tertiary/aromatic N) is 2. The van der Waals surface area contributed by atoms with Crippen LogP contribution in [0.4, 0.5) is 0 Å². The fourth-order valence-corrected chi connectivity index (χ4v) is 2.70. The van der Waals surface area contributed by atoms with Crippen molar-refractivity contribution in [2.45, 2.75) is 39.2 Å². The molecule has 1 unspecified atom stereocenters. The summed E-state index contributed by atoms with van der Waals surface area (Å²) >= 11 is 0. The first-order valence-electron chi connectivity index (χ1n) is 7.35. The van der Waals surface area contributed by atoms with E-state index in [1.54, 1.807) is 0 Å². The minimum atomic E-state index is -0.357. The Kier molecular flexibility index (Phi) is 8.59. The summed E-state index contributed by atoms with van der Waals surface area (Å²) in [7, 11) is 0. The maximum absolute atomic E-state index is 12.2. The van der Waals surface area contributed by atoms with Crippen LogP contribution in [-0.4, -0.2) is 27.4 Å². The molecule has 0 aliphatic carbocycles. The molecule has 1 atom stereocenters. The van der Waals surface area contributed by atoms with Gasteiger partial charge in [0.25, 0.3) is 0 Å². The summed E-state index contributed by atoms with van der Waals surface area (Å²) in [5, 5.41) is 3.05. The molecular weight excluding hydrogens is 335 g/mol. The summed E-state index contributed by atoms with van der Waals surface area (Å²) in [6, 6.07) is 5.79. The van der Waals surface area contributed by atoms with E-state index in [-0.39, 0.29) is 42.7 Å². The van der Waals surface area contributed by atoms with E-state index in [4.69, 9.17) is 5.73 Å². The molecule has 0 aliphatic heterocycles. The lowest BCUT2D eigenvalue weighted by Crippen LogP contribution is -2.52. The number of aromatic nitrogens is 2. The van der Waals surface area contributed by atoms with Gasteiger partial charge in [-0.3, -0.25) is 4.79 Å². The van der Waals surface area contributed by atoms with Gasteiger partial charge in [0.15, 0.2) is 0 Å². The number of amides is 1. The van der Waals surface area contributed by atoms with Crippen molar-refractivity contribution < 1.29 is 4.79 Å². The third-order valence-electron chi connectivity index (χ3n) is 3.51. The molecule has 0 saturated heterocycles. The molecule has 23 heavy (non-hydrogen) atoms. The van der Waals surface area contributed by atoms with Gasteiger partial charge in [-0.25, -0.2) is 4.98 Å². The molecule has 1 amide bonds. The van der Waals surface area contributed by atoms with Gasteiger partial charge in [-0.2, -0.15) is 0 Å². The molecule has 2 aromatic rings. The lowest BCUT2D eigenvalue weighted by Gasteiger charge is -2.31. The van der Waals surface area contributed by atoms with Crippen LogP contribution in [-0.2, 0) is 11.2 Å². The molecule has 0 radical (unpaired) electrons. The Balaban J connectivity index is 0.00000242. The maximum atomic E-state index is 12.2. The molecular formula is C16H26Cl2N4O. The van der Waals surface area contributed by atoms with E-state index in [1.807, 2.05) is 41.9 Å². The number of halogens is 2. The topological polar surface area (TPSA) is 72.4 Å². The Morgan fingerprint density at radius 3 is 2.65 bits per heavy atom. The van der Waals surface area contributed by atoms with Crippen molar-refractivity contribution in [3.63, 3.8) is 0 Å². The van der Waals surface area contributed by atoms with Crippen molar-refractivity contribution in [1.29, 1.82) is 0 Å². The molecule has 2 heterocycles. The van der Waals surface area contributed by atoms with E-state index in [9.17, 15) is 4.79 Å². The molecule has 5 nitrogen and oxygen atoms in total. The quantitative estimate of drug-likeness (QED) is 0.831. The minimum absolute atomic E-state index is 0. The second-order valence-corrected chi connectivity index (χ2v) is 6.29. The molecule has 3 N–H and O–H groups in total. The van der Waals surface area contributed by atoms with Crippen molar-refractivity contribution in [3.05, 3.63) is 36.3 Å².